The molecule has 2 heterocycles. The largest absolute Gasteiger partial charge is 0.467 e. The van der Waals surface area contributed by atoms with Gasteiger partial charge in [0, 0.05) is 23.1 Å². The minimum absolute atomic E-state index is 0.124. The highest BCUT2D eigenvalue weighted by Crippen LogP contribution is 2.29. The van der Waals surface area contributed by atoms with Gasteiger partial charge in [-0.1, -0.05) is 55.3 Å². The molecule has 0 saturated heterocycles. The second-order valence-electron chi connectivity index (χ2n) is 9.39. The standard InChI is InChI=1S/C29H31N3O3/c1-20-9-2-5-13-24(20)28(29(34)31-22-10-3-4-11-22)32(19-23-12-8-16-35-23)27(33)17-21-18-30-26-15-7-6-14-25(21)26/h2,5-9,12-16,18,22,28,30H,3-4,10-11,17,19H2,1H3,(H,31,34)/t28-/m1/s1. The van der Waals surface area contributed by atoms with Crippen LogP contribution < -0.4 is 5.32 Å². The Balaban J connectivity index is 1.52. The van der Waals surface area contributed by atoms with E-state index in [9.17, 15) is 9.59 Å². The Morgan fingerprint density at radius 3 is 2.60 bits per heavy atom. The predicted octanol–water partition coefficient (Wildman–Crippen LogP) is 5.44. The van der Waals surface area contributed by atoms with E-state index >= 15 is 0 Å². The number of fused-ring (bicyclic) bond motifs is 1. The second-order valence-corrected chi connectivity index (χ2v) is 9.39. The fourth-order valence-electron chi connectivity index (χ4n) is 5.13. The van der Waals surface area contributed by atoms with Crippen molar-refractivity contribution in [3.05, 3.63) is 95.6 Å². The van der Waals surface area contributed by atoms with Gasteiger partial charge in [0.1, 0.15) is 11.8 Å². The molecule has 0 radical (unpaired) electrons. The molecule has 0 bridgehead atoms. The van der Waals surface area contributed by atoms with E-state index in [1.54, 1.807) is 17.2 Å². The van der Waals surface area contributed by atoms with Crippen molar-refractivity contribution in [1.29, 1.82) is 0 Å². The fraction of sp³-hybridized carbons (Fsp3) is 0.310. The molecule has 0 unspecified atom stereocenters. The molecule has 0 spiro atoms. The fourth-order valence-corrected chi connectivity index (χ4v) is 5.13. The monoisotopic (exact) mass is 469 g/mol. The number of aromatic amines is 1. The van der Waals surface area contributed by atoms with Crippen molar-refractivity contribution in [3.8, 4) is 0 Å². The van der Waals surface area contributed by atoms with Crippen LogP contribution in [0.4, 0.5) is 0 Å². The highest BCUT2D eigenvalue weighted by molar-refractivity contribution is 5.92. The number of furan rings is 1. The Morgan fingerprint density at radius 1 is 1.06 bits per heavy atom. The molecule has 1 saturated carbocycles. The second kappa shape index (κ2) is 10.2. The molecule has 5 rings (SSSR count). The third-order valence-corrected chi connectivity index (χ3v) is 6.99. The molecule has 2 N–H and O–H groups in total. The topological polar surface area (TPSA) is 78.3 Å². The summed E-state index contributed by atoms with van der Waals surface area (Å²) in [7, 11) is 0. The van der Waals surface area contributed by atoms with Crippen molar-refractivity contribution in [2.45, 2.75) is 57.7 Å². The van der Waals surface area contributed by atoms with Crippen LogP contribution in [0, 0.1) is 6.92 Å². The number of hydrogen-bond donors (Lipinski definition) is 2. The van der Waals surface area contributed by atoms with Crippen LogP contribution >= 0.6 is 0 Å². The average molecular weight is 470 g/mol. The van der Waals surface area contributed by atoms with Crippen molar-refractivity contribution in [2.24, 2.45) is 0 Å². The molecule has 35 heavy (non-hydrogen) atoms. The van der Waals surface area contributed by atoms with Gasteiger partial charge in [0.25, 0.3) is 0 Å². The summed E-state index contributed by atoms with van der Waals surface area (Å²) in [4.78, 5) is 32.7. The first-order valence-electron chi connectivity index (χ1n) is 12.3. The van der Waals surface area contributed by atoms with Gasteiger partial charge in [-0.15, -0.1) is 0 Å². The Hall–Kier alpha value is -3.80. The Bertz CT molecular complexity index is 1300. The van der Waals surface area contributed by atoms with E-state index in [-0.39, 0.29) is 30.8 Å². The molecule has 1 aliphatic rings. The maximum Gasteiger partial charge on any atom is 0.247 e. The Kier molecular flexibility index (Phi) is 6.70. The molecule has 2 aromatic heterocycles. The van der Waals surface area contributed by atoms with E-state index in [0.717, 1.165) is 53.3 Å². The van der Waals surface area contributed by atoms with E-state index in [2.05, 4.69) is 10.3 Å². The van der Waals surface area contributed by atoms with Gasteiger partial charge in [0.15, 0.2) is 0 Å². The number of amides is 2. The first-order valence-corrected chi connectivity index (χ1v) is 12.3. The summed E-state index contributed by atoms with van der Waals surface area (Å²) in [5.74, 6) is 0.385. The van der Waals surface area contributed by atoms with Crippen molar-refractivity contribution in [3.63, 3.8) is 0 Å². The van der Waals surface area contributed by atoms with Gasteiger partial charge in [-0.25, -0.2) is 0 Å². The quantitative estimate of drug-likeness (QED) is 0.361. The highest BCUT2D eigenvalue weighted by atomic mass is 16.3. The van der Waals surface area contributed by atoms with Gasteiger partial charge in [-0.3, -0.25) is 9.59 Å². The minimum Gasteiger partial charge on any atom is -0.467 e. The van der Waals surface area contributed by atoms with Crippen LogP contribution in [0.5, 0.6) is 0 Å². The zero-order valence-corrected chi connectivity index (χ0v) is 20.0. The zero-order chi connectivity index (χ0) is 24.2. The smallest absolute Gasteiger partial charge is 0.247 e. The van der Waals surface area contributed by atoms with Gasteiger partial charge in [-0.05, 0) is 54.7 Å². The number of nitrogens with one attached hydrogen (secondary N) is 2. The lowest BCUT2D eigenvalue weighted by atomic mass is 9.97. The van der Waals surface area contributed by atoms with E-state index in [0.29, 0.717) is 5.76 Å². The summed E-state index contributed by atoms with van der Waals surface area (Å²) in [6, 6.07) is 18.8. The van der Waals surface area contributed by atoms with Gasteiger partial charge in [-0.2, -0.15) is 0 Å². The van der Waals surface area contributed by atoms with Crippen molar-refractivity contribution < 1.29 is 14.0 Å². The highest BCUT2D eigenvalue weighted by Gasteiger charge is 2.34. The van der Waals surface area contributed by atoms with E-state index in [4.69, 9.17) is 4.42 Å². The molecule has 2 aromatic carbocycles. The number of aromatic nitrogens is 1. The summed E-state index contributed by atoms with van der Waals surface area (Å²) in [5.41, 5.74) is 3.71. The number of carbonyl (C=O) groups excluding carboxylic acids is 2. The maximum absolute atomic E-state index is 13.9. The molecule has 0 aliphatic heterocycles. The number of hydrogen-bond acceptors (Lipinski definition) is 3. The molecular formula is C29H31N3O3. The van der Waals surface area contributed by atoms with Crippen LogP contribution in [0.25, 0.3) is 10.9 Å². The molecule has 1 fully saturated rings. The number of nitrogens with zero attached hydrogens (tertiary/aromatic N) is 1. The number of aryl methyl sites for hydroxylation is 1. The minimum atomic E-state index is -0.750. The van der Waals surface area contributed by atoms with Crippen LogP contribution in [0.3, 0.4) is 0 Å². The molecular weight excluding hydrogens is 438 g/mol. The van der Waals surface area contributed by atoms with Gasteiger partial charge < -0.3 is 19.6 Å². The summed E-state index contributed by atoms with van der Waals surface area (Å²) < 4.78 is 5.62. The lowest BCUT2D eigenvalue weighted by Crippen LogP contribution is -2.46. The van der Waals surface area contributed by atoms with Crippen molar-refractivity contribution in [1.82, 2.24) is 15.2 Å². The van der Waals surface area contributed by atoms with E-state index < -0.39 is 6.04 Å². The molecule has 6 heteroatoms. The van der Waals surface area contributed by atoms with E-state index in [1.807, 2.05) is 67.7 Å². The normalized spacial score (nSPS) is 14.8. The molecule has 2 amide bonds. The molecule has 180 valence electrons. The molecule has 4 aromatic rings. The van der Waals surface area contributed by atoms with Gasteiger partial charge >= 0.3 is 0 Å². The number of benzene rings is 2. The zero-order valence-electron chi connectivity index (χ0n) is 20.0. The molecule has 1 aliphatic carbocycles. The van der Waals surface area contributed by atoms with Crippen LogP contribution in [0.15, 0.2) is 77.5 Å². The third-order valence-electron chi connectivity index (χ3n) is 6.99. The summed E-state index contributed by atoms with van der Waals surface area (Å²) >= 11 is 0. The van der Waals surface area contributed by atoms with Crippen molar-refractivity contribution in [2.75, 3.05) is 0 Å². The summed E-state index contributed by atoms with van der Waals surface area (Å²) in [5, 5.41) is 4.25. The first kappa shape index (κ1) is 23.0. The summed E-state index contributed by atoms with van der Waals surface area (Å²) in [6.45, 7) is 2.20. The van der Waals surface area contributed by atoms with Crippen LogP contribution in [-0.4, -0.2) is 27.7 Å². The Morgan fingerprint density at radius 2 is 1.83 bits per heavy atom. The van der Waals surface area contributed by atoms with Crippen LogP contribution in [0.1, 0.15) is 54.2 Å². The average Bonchev–Trinajstić information content (AvgIpc) is 3.63. The summed E-state index contributed by atoms with van der Waals surface area (Å²) in [6.07, 6.45) is 7.87. The third kappa shape index (κ3) is 5.02. The van der Waals surface area contributed by atoms with Crippen LogP contribution in [0.2, 0.25) is 0 Å². The number of carbonyl (C=O) groups is 2. The van der Waals surface area contributed by atoms with Gasteiger partial charge in [0.2, 0.25) is 11.8 Å². The van der Waals surface area contributed by atoms with Crippen LogP contribution in [-0.2, 0) is 22.6 Å². The van der Waals surface area contributed by atoms with E-state index in [1.165, 1.54) is 0 Å². The maximum atomic E-state index is 13.9. The SMILES string of the molecule is Cc1ccccc1[C@H](C(=O)NC1CCCC1)N(Cc1ccco1)C(=O)Cc1c[nH]c2ccccc12. The molecule has 6 nitrogen and oxygen atoms in total. The van der Waals surface area contributed by atoms with Crippen molar-refractivity contribution >= 4 is 22.7 Å². The van der Waals surface area contributed by atoms with Gasteiger partial charge in [0.05, 0.1) is 19.2 Å². The number of H-pyrrole nitrogens is 1. The lowest BCUT2D eigenvalue weighted by molar-refractivity contribution is -0.141. The number of rotatable bonds is 8. The lowest BCUT2D eigenvalue weighted by Gasteiger charge is -2.32. The number of para-hydroxylation sites is 1. The Labute approximate surface area is 205 Å². The predicted molar refractivity (Wildman–Crippen MR) is 136 cm³/mol. The molecule has 1 atom stereocenters. The first-order chi connectivity index (χ1) is 17.1.